The lowest BCUT2D eigenvalue weighted by atomic mass is 10.3. The number of hydrogen-bond acceptors (Lipinski definition) is 5. The lowest BCUT2D eigenvalue weighted by Gasteiger charge is -2.26. The van der Waals surface area contributed by atoms with Gasteiger partial charge in [0.2, 0.25) is 10.0 Å². The number of benzene rings is 1. The molecule has 1 aliphatic heterocycles. The van der Waals surface area contributed by atoms with Crippen LogP contribution in [0, 0.1) is 0 Å². The van der Waals surface area contributed by atoms with E-state index in [0.717, 1.165) is 12.8 Å². The fourth-order valence-electron chi connectivity index (χ4n) is 2.28. The molecule has 0 saturated carbocycles. The first-order valence-electron chi connectivity index (χ1n) is 8.21. The van der Waals surface area contributed by atoms with E-state index in [9.17, 15) is 13.2 Å². The Morgan fingerprint density at radius 1 is 1.36 bits per heavy atom. The van der Waals surface area contributed by atoms with Gasteiger partial charge in [-0.15, -0.1) is 0 Å². The zero-order valence-corrected chi connectivity index (χ0v) is 15.7. The summed E-state index contributed by atoms with van der Waals surface area (Å²) < 4.78 is 37.5. The molecule has 1 N–H and O–H groups in total. The normalized spacial score (nSPS) is 15.2. The van der Waals surface area contributed by atoms with Crippen LogP contribution in [0.3, 0.4) is 0 Å². The molecule has 7 nitrogen and oxygen atoms in total. The average Bonchev–Trinajstić information content (AvgIpc) is 2.61. The van der Waals surface area contributed by atoms with Crippen LogP contribution in [0.25, 0.3) is 0 Å². The molecule has 1 aliphatic rings. The molecule has 1 fully saturated rings. The quantitative estimate of drug-likeness (QED) is 0.682. The number of carbonyl (C=O) groups is 1. The number of hydrogen-bond donors (Lipinski definition) is 1. The van der Waals surface area contributed by atoms with Gasteiger partial charge in [0, 0.05) is 19.6 Å². The molecule has 0 aromatic heterocycles. The Morgan fingerprint density at radius 2 is 2.08 bits per heavy atom. The molecule has 25 heavy (non-hydrogen) atoms. The number of carbonyl (C=O) groups excluding carboxylic acids is 1. The predicted molar refractivity (Wildman–Crippen MR) is 94.4 cm³/mol. The second-order valence-corrected chi connectivity index (χ2v) is 7.80. The van der Waals surface area contributed by atoms with Crippen molar-refractivity contribution in [3.63, 3.8) is 0 Å². The molecule has 1 saturated heterocycles. The summed E-state index contributed by atoms with van der Waals surface area (Å²) in [6.45, 7) is 4.32. The molecule has 0 radical (unpaired) electrons. The molecule has 2 rings (SSSR count). The topological polar surface area (TPSA) is 84.9 Å². The lowest BCUT2D eigenvalue weighted by Crippen LogP contribution is -2.43. The van der Waals surface area contributed by atoms with Crippen LogP contribution in [0.15, 0.2) is 23.1 Å². The van der Waals surface area contributed by atoms with Crippen LogP contribution in [0.4, 0.5) is 0 Å². The predicted octanol–water partition coefficient (Wildman–Crippen LogP) is 1.66. The molecule has 1 amide bonds. The fraction of sp³-hybridized carbons (Fsp3) is 0.562. The Morgan fingerprint density at radius 3 is 2.72 bits per heavy atom. The van der Waals surface area contributed by atoms with Gasteiger partial charge in [0.25, 0.3) is 5.91 Å². The van der Waals surface area contributed by atoms with Gasteiger partial charge in [0.15, 0.2) is 6.61 Å². The zero-order valence-electron chi connectivity index (χ0n) is 14.2. The standard InChI is InChI=1S/C16H23ClN2O5S/c1-2-3-6-18-25(21,22)13-4-5-15(14(17)11-13)24-12-16(20)19-7-9-23-10-8-19/h4-5,11,18H,2-3,6-10,12H2,1H3. The van der Waals surface area contributed by atoms with Crippen LogP contribution in [0.2, 0.25) is 5.02 Å². The highest BCUT2D eigenvalue weighted by atomic mass is 35.5. The van der Waals surface area contributed by atoms with Gasteiger partial charge in [-0.05, 0) is 24.6 Å². The molecule has 1 aromatic carbocycles. The first-order chi connectivity index (χ1) is 11.9. The van der Waals surface area contributed by atoms with E-state index in [1.54, 1.807) is 4.90 Å². The van der Waals surface area contributed by atoms with Crippen LogP contribution in [0.5, 0.6) is 5.75 Å². The average molecular weight is 391 g/mol. The SMILES string of the molecule is CCCCNS(=O)(=O)c1ccc(OCC(=O)N2CCOCC2)c(Cl)c1. The Bertz CT molecular complexity index is 690. The fourth-order valence-corrected chi connectivity index (χ4v) is 3.68. The maximum atomic E-state index is 12.2. The van der Waals surface area contributed by atoms with Gasteiger partial charge in [-0.25, -0.2) is 13.1 Å². The van der Waals surface area contributed by atoms with Crippen LogP contribution < -0.4 is 9.46 Å². The van der Waals surface area contributed by atoms with E-state index >= 15 is 0 Å². The van der Waals surface area contributed by atoms with Gasteiger partial charge in [-0.2, -0.15) is 0 Å². The molecule has 0 unspecified atom stereocenters. The van der Waals surface area contributed by atoms with Crippen molar-refractivity contribution in [3.8, 4) is 5.75 Å². The molecule has 0 bridgehead atoms. The van der Waals surface area contributed by atoms with E-state index in [1.165, 1.54) is 18.2 Å². The number of unbranched alkanes of at least 4 members (excludes halogenated alkanes) is 1. The molecule has 0 aliphatic carbocycles. The number of amides is 1. The largest absolute Gasteiger partial charge is 0.482 e. The van der Waals surface area contributed by atoms with Crippen molar-refractivity contribution in [3.05, 3.63) is 23.2 Å². The highest BCUT2D eigenvalue weighted by Crippen LogP contribution is 2.27. The number of sulfonamides is 1. The summed E-state index contributed by atoms with van der Waals surface area (Å²) in [5.41, 5.74) is 0. The molecule has 1 aromatic rings. The van der Waals surface area contributed by atoms with Crippen molar-refractivity contribution in [1.82, 2.24) is 9.62 Å². The third-order valence-corrected chi connectivity index (χ3v) is 5.51. The minimum Gasteiger partial charge on any atom is -0.482 e. The van der Waals surface area contributed by atoms with Crippen LogP contribution in [-0.4, -0.2) is 58.7 Å². The summed E-state index contributed by atoms with van der Waals surface area (Å²) >= 11 is 6.10. The van der Waals surface area contributed by atoms with E-state index in [4.69, 9.17) is 21.1 Å². The van der Waals surface area contributed by atoms with Crippen LogP contribution >= 0.6 is 11.6 Å². The second kappa shape index (κ2) is 9.38. The van der Waals surface area contributed by atoms with Gasteiger partial charge >= 0.3 is 0 Å². The molecule has 140 valence electrons. The van der Waals surface area contributed by atoms with Gasteiger partial charge < -0.3 is 14.4 Å². The minimum absolute atomic E-state index is 0.0699. The smallest absolute Gasteiger partial charge is 0.260 e. The van der Waals surface area contributed by atoms with Gasteiger partial charge in [0.05, 0.1) is 23.1 Å². The van der Waals surface area contributed by atoms with Crippen molar-refractivity contribution >= 4 is 27.5 Å². The van der Waals surface area contributed by atoms with Crippen molar-refractivity contribution < 1.29 is 22.7 Å². The highest BCUT2D eigenvalue weighted by Gasteiger charge is 2.19. The summed E-state index contributed by atoms with van der Waals surface area (Å²) in [6.07, 6.45) is 1.66. The van der Waals surface area contributed by atoms with E-state index in [2.05, 4.69) is 4.72 Å². The van der Waals surface area contributed by atoms with Gasteiger partial charge in [-0.1, -0.05) is 24.9 Å². The van der Waals surface area contributed by atoms with Crippen molar-refractivity contribution in [2.75, 3.05) is 39.5 Å². The Labute approximate surface area is 153 Å². The van der Waals surface area contributed by atoms with Crippen molar-refractivity contribution in [2.45, 2.75) is 24.7 Å². The van der Waals surface area contributed by atoms with Gasteiger partial charge in [-0.3, -0.25) is 4.79 Å². The van der Waals surface area contributed by atoms with Gasteiger partial charge in [0.1, 0.15) is 5.75 Å². The first-order valence-corrected chi connectivity index (χ1v) is 10.1. The molecule has 1 heterocycles. The number of rotatable bonds is 8. The van der Waals surface area contributed by atoms with E-state index in [-0.39, 0.29) is 28.2 Å². The third kappa shape index (κ3) is 5.85. The first kappa shape index (κ1) is 20.0. The summed E-state index contributed by atoms with van der Waals surface area (Å²) in [6, 6.07) is 4.20. The summed E-state index contributed by atoms with van der Waals surface area (Å²) in [4.78, 5) is 13.8. The number of halogens is 1. The second-order valence-electron chi connectivity index (χ2n) is 5.63. The zero-order chi connectivity index (χ0) is 18.3. The maximum Gasteiger partial charge on any atom is 0.260 e. The lowest BCUT2D eigenvalue weighted by molar-refractivity contribution is -0.137. The monoisotopic (exact) mass is 390 g/mol. The number of morpholine rings is 1. The van der Waals surface area contributed by atoms with E-state index < -0.39 is 10.0 Å². The van der Waals surface area contributed by atoms with E-state index in [0.29, 0.717) is 32.8 Å². The third-order valence-electron chi connectivity index (χ3n) is 3.75. The van der Waals surface area contributed by atoms with E-state index in [1.807, 2.05) is 6.92 Å². The van der Waals surface area contributed by atoms with Crippen LogP contribution in [0.1, 0.15) is 19.8 Å². The van der Waals surface area contributed by atoms with Crippen molar-refractivity contribution in [2.24, 2.45) is 0 Å². The minimum atomic E-state index is -3.60. The molecule has 0 atom stereocenters. The number of nitrogens with zero attached hydrogens (tertiary/aromatic N) is 1. The Hall–Kier alpha value is -1.35. The molecular weight excluding hydrogens is 368 g/mol. The number of nitrogens with one attached hydrogen (secondary N) is 1. The summed E-state index contributed by atoms with van der Waals surface area (Å²) in [7, 11) is -3.60. The van der Waals surface area contributed by atoms with Crippen molar-refractivity contribution in [1.29, 1.82) is 0 Å². The molecular formula is C16H23ClN2O5S. The highest BCUT2D eigenvalue weighted by molar-refractivity contribution is 7.89. The summed E-state index contributed by atoms with van der Waals surface area (Å²) in [5.74, 6) is 0.119. The summed E-state index contributed by atoms with van der Waals surface area (Å²) in [5, 5.41) is 0.146. The maximum absolute atomic E-state index is 12.2. The Balaban J connectivity index is 1.95. The molecule has 0 spiro atoms. The Kier molecular flexibility index (Phi) is 7.49. The number of ether oxygens (including phenoxy) is 2. The molecule has 9 heteroatoms. The van der Waals surface area contributed by atoms with Crippen LogP contribution in [-0.2, 0) is 19.6 Å².